The summed E-state index contributed by atoms with van der Waals surface area (Å²) >= 11 is 0. The van der Waals surface area contributed by atoms with Gasteiger partial charge in [-0.15, -0.1) is 0 Å². The number of amidine groups is 1. The Bertz CT molecular complexity index is 742. The van der Waals surface area contributed by atoms with Crippen LogP contribution >= 0.6 is 0 Å². The van der Waals surface area contributed by atoms with Gasteiger partial charge in [-0.2, -0.15) is 5.26 Å². The fourth-order valence-electron chi connectivity index (χ4n) is 2.62. The molecule has 0 saturated carbocycles. The second-order valence-electron chi connectivity index (χ2n) is 5.26. The Hall–Kier alpha value is -2.85. The number of esters is 1. The molecule has 1 aromatic rings. The van der Waals surface area contributed by atoms with E-state index in [2.05, 4.69) is 10.3 Å². The van der Waals surface area contributed by atoms with Crippen molar-refractivity contribution in [2.24, 2.45) is 4.99 Å². The number of nitriles is 1. The van der Waals surface area contributed by atoms with Gasteiger partial charge >= 0.3 is 5.97 Å². The Labute approximate surface area is 140 Å². The molecule has 0 amide bonds. The van der Waals surface area contributed by atoms with Gasteiger partial charge in [0.25, 0.3) is 0 Å². The summed E-state index contributed by atoms with van der Waals surface area (Å²) in [5.74, 6) is -0.0792. The lowest BCUT2D eigenvalue weighted by atomic mass is 10.1. The Morgan fingerprint density at radius 2 is 2.17 bits per heavy atom. The maximum Gasteiger partial charge on any atom is 0.351 e. The molecule has 1 N–H and O–H groups in total. The van der Waals surface area contributed by atoms with Crippen LogP contribution in [0, 0.1) is 11.3 Å². The summed E-state index contributed by atoms with van der Waals surface area (Å²) in [7, 11) is 0. The first kappa shape index (κ1) is 16.0. The number of para-hydroxylation sites is 2. The molecule has 7 heteroatoms. The second-order valence-corrected chi connectivity index (χ2v) is 5.26. The van der Waals surface area contributed by atoms with Gasteiger partial charge in [0.1, 0.15) is 11.8 Å². The van der Waals surface area contributed by atoms with Gasteiger partial charge < -0.3 is 19.7 Å². The van der Waals surface area contributed by atoms with Crippen molar-refractivity contribution in [3.05, 3.63) is 35.5 Å². The van der Waals surface area contributed by atoms with Crippen molar-refractivity contribution in [2.45, 2.75) is 6.92 Å². The largest absolute Gasteiger partial charge is 0.462 e. The molecule has 2 aliphatic rings. The lowest BCUT2D eigenvalue weighted by molar-refractivity contribution is -0.138. The Balaban J connectivity index is 2.09. The van der Waals surface area contributed by atoms with Gasteiger partial charge in [0, 0.05) is 13.1 Å². The highest BCUT2D eigenvalue weighted by Crippen LogP contribution is 2.32. The molecule has 124 valence electrons. The van der Waals surface area contributed by atoms with Crippen LogP contribution in [0.2, 0.25) is 0 Å². The predicted octanol–water partition coefficient (Wildman–Crippen LogP) is 1.82. The fourth-order valence-corrected chi connectivity index (χ4v) is 2.62. The number of hydrogen-bond acceptors (Lipinski definition) is 7. The van der Waals surface area contributed by atoms with E-state index in [1.807, 2.05) is 35.2 Å². The zero-order chi connectivity index (χ0) is 16.9. The molecule has 0 unspecified atom stereocenters. The number of rotatable bonds is 2. The number of fused-ring (bicyclic) bond motifs is 1. The molecule has 0 atom stereocenters. The minimum absolute atomic E-state index is 0.0726. The van der Waals surface area contributed by atoms with Crippen molar-refractivity contribution >= 4 is 23.2 Å². The van der Waals surface area contributed by atoms with Gasteiger partial charge in [0.2, 0.25) is 0 Å². The molecule has 2 heterocycles. The Morgan fingerprint density at radius 3 is 2.88 bits per heavy atom. The SMILES string of the molecule is CCOC(=O)/C(C#N)=C1\Nc2ccccc2N=C1N1CCOCC1. The van der Waals surface area contributed by atoms with Crippen LogP contribution in [0.3, 0.4) is 0 Å². The van der Waals surface area contributed by atoms with Gasteiger partial charge in [-0.3, -0.25) is 0 Å². The molecule has 1 saturated heterocycles. The van der Waals surface area contributed by atoms with Crippen LogP contribution in [-0.2, 0) is 14.3 Å². The average Bonchev–Trinajstić information content (AvgIpc) is 2.63. The molecule has 0 spiro atoms. The van der Waals surface area contributed by atoms with E-state index in [-0.39, 0.29) is 12.2 Å². The van der Waals surface area contributed by atoms with Crippen LogP contribution in [0.5, 0.6) is 0 Å². The number of aliphatic imine (C=N–C) groups is 1. The summed E-state index contributed by atoms with van der Waals surface area (Å²) in [5, 5.41) is 12.7. The highest BCUT2D eigenvalue weighted by Gasteiger charge is 2.29. The van der Waals surface area contributed by atoms with Crippen LogP contribution in [0.25, 0.3) is 0 Å². The summed E-state index contributed by atoms with van der Waals surface area (Å²) < 4.78 is 10.4. The monoisotopic (exact) mass is 326 g/mol. The number of anilines is 1. The number of benzene rings is 1. The first-order valence-electron chi connectivity index (χ1n) is 7.84. The number of nitrogens with one attached hydrogen (secondary N) is 1. The predicted molar refractivity (Wildman–Crippen MR) is 88.8 cm³/mol. The van der Waals surface area contributed by atoms with E-state index < -0.39 is 5.97 Å². The molecule has 0 bridgehead atoms. The quantitative estimate of drug-likeness (QED) is 0.507. The normalized spacial score (nSPS) is 18.7. The average molecular weight is 326 g/mol. The highest BCUT2D eigenvalue weighted by atomic mass is 16.5. The van der Waals surface area contributed by atoms with Crippen LogP contribution in [0.15, 0.2) is 40.5 Å². The van der Waals surface area contributed by atoms with Gasteiger partial charge in [-0.05, 0) is 19.1 Å². The van der Waals surface area contributed by atoms with Crippen molar-refractivity contribution in [3.8, 4) is 6.07 Å². The molecule has 7 nitrogen and oxygen atoms in total. The minimum atomic E-state index is -0.650. The first-order chi connectivity index (χ1) is 11.7. The maximum atomic E-state index is 12.2. The zero-order valence-corrected chi connectivity index (χ0v) is 13.4. The van der Waals surface area contributed by atoms with Gasteiger partial charge in [0.05, 0.1) is 31.2 Å². The summed E-state index contributed by atoms with van der Waals surface area (Å²) in [4.78, 5) is 18.9. The summed E-state index contributed by atoms with van der Waals surface area (Å²) in [6.45, 7) is 4.36. The number of carbonyl (C=O) groups excluding carboxylic acids is 1. The van der Waals surface area contributed by atoms with E-state index in [0.29, 0.717) is 37.8 Å². The van der Waals surface area contributed by atoms with Gasteiger partial charge in [0.15, 0.2) is 11.4 Å². The van der Waals surface area contributed by atoms with Crippen LogP contribution in [-0.4, -0.2) is 49.6 Å². The van der Waals surface area contributed by atoms with E-state index in [9.17, 15) is 10.1 Å². The topological polar surface area (TPSA) is 87.0 Å². The number of ether oxygens (including phenoxy) is 2. The van der Waals surface area contributed by atoms with Crippen molar-refractivity contribution < 1.29 is 14.3 Å². The van der Waals surface area contributed by atoms with Gasteiger partial charge in [-0.1, -0.05) is 12.1 Å². The van der Waals surface area contributed by atoms with E-state index in [1.165, 1.54) is 0 Å². The van der Waals surface area contributed by atoms with Crippen molar-refractivity contribution in [1.82, 2.24) is 4.90 Å². The molecule has 0 radical (unpaired) electrons. The second kappa shape index (κ2) is 7.15. The molecular formula is C17H18N4O3. The number of hydrogen-bond donors (Lipinski definition) is 1. The van der Waals surface area contributed by atoms with E-state index in [4.69, 9.17) is 9.47 Å². The van der Waals surface area contributed by atoms with E-state index >= 15 is 0 Å². The third-order valence-corrected chi connectivity index (χ3v) is 3.77. The van der Waals surface area contributed by atoms with Gasteiger partial charge in [-0.25, -0.2) is 9.79 Å². The fraction of sp³-hybridized carbons (Fsp3) is 0.353. The summed E-state index contributed by atoms with van der Waals surface area (Å²) in [5.41, 5.74) is 1.83. The Morgan fingerprint density at radius 1 is 1.42 bits per heavy atom. The zero-order valence-electron chi connectivity index (χ0n) is 13.4. The van der Waals surface area contributed by atoms with Crippen LogP contribution < -0.4 is 5.32 Å². The third kappa shape index (κ3) is 3.09. The highest BCUT2D eigenvalue weighted by molar-refractivity contribution is 6.12. The van der Waals surface area contributed by atoms with Crippen LogP contribution in [0.1, 0.15) is 6.92 Å². The third-order valence-electron chi connectivity index (χ3n) is 3.77. The molecule has 2 aliphatic heterocycles. The van der Waals surface area contributed by atoms with E-state index in [1.54, 1.807) is 6.92 Å². The lowest BCUT2D eigenvalue weighted by Gasteiger charge is -2.33. The van der Waals surface area contributed by atoms with Crippen molar-refractivity contribution in [1.29, 1.82) is 5.26 Å². The molecule has 0 aromatic heterocycles. The summed E-state index contributed by atoms with van der Waals surface area (Å²) in [6.07, 6.45) is 0. The van der Waals surface area contributed by atoms with Crippen LogP contribution in [0.4, 0.5) is 11.4 Å². The minimum Gasteiger partial charge on any atom is -0.462 e. The van der Waals surface area contributed by atoms with Crippen molar-refractivity contribution in [2.75, 3.05) is 38.2 Å². The van der Waals surface area contributed by atoms with Crippen molar-refractivity contribution in [3.63, 3.8) is 0 Å². The van der Waals surface area contributed by atoms with E-state index in [0.717, 1.165) is 11.4 Å². The standard InChI is InChI=1S/C17H18N4O3/c1-2-24-17(22)12(11-18)15-16(21-7-9-23-10-8-21)20-14-6-4-3-5-13(14)19-15/h3-6,19H,2,7-10H2,1H3/b15-12-. The number of nitrogens with zero attached hydrogens (tertiary/aromatic N) is 3. The number of carbonyl (C=O) groups is 1. The lowest BCUT2D eigenvalue weighted by Crippen LogP contribution is -2.44. The molecule has 1 aromatic carbocycles. The first-order valence-corrected chi connectivity index (χ1v) is 7.84. The Kier molecular flexibility index (Phi) is 4.77. The molecule has 1 fully saturated rings. The summed E-state index contributed by atoms with van der Waals surface area (Å²) in [6, 6.07) is 9.47. The molecule has 3 rings (SSSR count). The smallest absolute Gasteiger partial charge is 0.351 e. The molecular weight excluding hydrogens is 308 g/mol. The number of morpholine rings is 1. The molecule has 24 heavy (non-hydrogen) atoms. The molecule has 0 aliphatic carbocycles. The maximum absolute atomic E-state index is 12.2.